The highest BCUT2D eigenvalue weighted by Crippen LogP contribution is 2.31. The Bertz CT molecular complexity index is 810. The molecule has 5 nitrogen and oxygen atoms in total. The average Bonchev–Trinajstić information content (AvgIpc) is 3.25. The first-order valence-corrected chi connectivity index (χ1v) is 8.04. The number of hydrogen-bond donors (Lipinski definition) is 1. The third-order valence-corrected chi connectivity index (χ3v) is 4.28. The molecule has 0 spiro atoms. The normalized spacial score (nSPS) is 17.7. The largest absolute Gasteiger partial charge is 0.462 e. The topological polar surface area (TPSA) is 60.2 Å². The fourth-order valence-electron chi connectivity index (χ4n) is 2.82. The number of benzene rings is 1. The maximum atomic E-state index is 5.94. The van der Waals surface area contributed by atoms with Crippen LogP contribution in [0, 0.1) is 0 Å². The number of nitrogens with one attached hydrogen (secondary N) is 1. The van der Waals surface area contributed by atoms with Crippen LogP contribution in [0.4, 0.5) is 5.82 Å². The molecule has 1 aromatic carbocycles. The highest BCUT2D eigenvalue weighted by molar-refractivity contribution is 6.30. The summed E-state index contributed by atoms with van der Waals surface area (Å²) < 4.78 is 11.3. The van der Waals surface area contributed by atoms with E-state index in [1.807, 2.05) is 30.3 Å². The Kier molecular flexibility index (Phi) is 3.89. The summed E-state index contributed by atoms with van der Waals surface area (Å²) in [6, 6.07) is 9.39. The van der Waals surface area contributed by atoms with Crippen LogP contribution in [0.1, 0.15) is 12.8 Å². The lowest BCUT2D eigenvalue weighted by Crippen LogP contribution is -2.19. The van der Waals surface area contributed by atoms with Crippen LogP contribution in [-0.2, 0) is 4.74 Å². The van der Waals surface area contributed by atoms with E-state index >= 15 is 0 Å². The Balaban J connectivity index is 1.65. The van der Waals surface area contributed by atoms with Crippen LogP contribution in [0.5, 0.6) is 0 Å². The molecule has 1 saturated heterocycles. The van der Waals surface area contributed by atoms with Gasteiger partial charge in [-0.05, 0) is 31.0 Å². The van der Waals surface area contributed by atoms with Crippen LogP contribution in [0.2, 0.25) is 5.02 Å². The van der Waals surface area contributed by atoms with Crippen molar-refractivity contribution in [2.75, 3.05) is 18.5 Å². The first kappa shape index (κ1) is 14.5. The summed E-state index contributed by atoms with van der Waals surface area (Å²) in [5.41, 5.74) is 2.36. The van der Waals surface area contributed by atoms with E-state index in [0.717, 1.165) is 48.3 Å². The average molecular weight is 330 g/mol. The lowest BCUT2D eigenvalue weighted by atomic mass is 10.1. The van der Waals surface area contributed by atoms with Gasteiger partial charge in [0.1, 0.15) is 5.69 Å². The molecular formula is C17H16ClN3O2. The van der Waals surface area contributed by atoms with Gasteiger partial charge in [-0.15, -0.1) is 10.2 Å². The van der Waals surface area contributed by atoms with Gasteiger partial charge < -0.3 is 14.5 Å². The van der Waals surface area contributed by atoms with Crippen molar-refractivity contribution in [2.45, 2.75) is 18.9 Å². The van der Waals surface area contributed by atoms with Gasteiger partial charge in [-0.1, -0.05) is 23.7 Å². The molecule has 1 atom stereocenters. The first-order chi connectivity index (χ1) is 11.3. The minimum Gasteiger partial charge on any atom is -0.462 e. The first-order valence-electron chi connectivity index (χ1n) is 7.66. The van der Waals surface area contributed by atoms with Gasteiger partial charge in [-0.2, -0.15) is 0 Å². The maximum Gasteiger partial charge on any atom is 0.165 e. The zero-order valence-corrected chi connectivity index (χ0v) is 13.2. The second-order valence-electron chi connectivity index (χ2n) is 5.58. The van der Waals surface area contributed by atoms with Crippen LogP contribution in [0.15, 0.2) is 41.0 Å². The van der Waals surface area contributed by atoms with Crippen molar-refractivity contribution < 1.29 is 9.15 Å². The molecule has 0 aliphatic carbocycles. The molecule has 1 aliphatic heterocycles. The van der Waals surface area contributed by atoms with E-state index in [1.165, 1.54) is 0 Å². The second-order valence-corrected chi connectivity index (χ2v) is 6.02. The minimum absolute atomic E-state index is 0.245. The molecule has 23 heavy (non-hydrogen) atoms. The summed E-state index contributed by atoms with van der Waals surface area (Å²) in [6.07, 6.45) is 4.10. The van der Waals surface area contributed by atoms with Gasteiger partial charge >= 0.3 is 0 Å². The maximum absolute atomic E-state index is 5.94. The number of ether oxygens (including phenoxy) is 1. The van der Waals surface area contributed by atoms with Crippen molar-refractivity contribution in [3.8, 4) is 11.3 Å². The monoisotopic (exact) mass is 329 g/mol. The van der Waals surface area contributed by atoms with Crippen molar-refractivity contribution in [1.82, 2.24) is 10.2 Å². The van der Waals surface area contributed by atoms with Crippen LogP contribution < -0.4 is 5.32 Å². The Morgan fingerprint density at radius 1 is 1.17 bits per heavy atom. The molecule has 1 fully saturated rings. The quantitative estimate of drug-likeness (QED) is 0.779. The Hall–Kier alpha value is -2.11. The molecule has 118 valence electrons. The molecule has 0 saturated carbocycles. The van der Waals surface area contributed by atoms with Crippen LogP contribution in [-0.4, -0.2) is 29.5 Å². The number of anilines is 1. The number of hydrogen-bond acceptors (Lipinski definition) is 5. The Morgan fingerprint density at radius 3 is 2.83 bits per heavy atom. The van der Waals surface area contributed by atoms with Gasteiger partial charge in [0.15, 0.2) is 11.4 Å². The molecule has 2 aromatic heterocycles. The zero-order chi connectivity index (χ0) is 15.6. The van der Waals surface area contributed by atoms with Gasteiger partial charge in [0.2, 0.25) is 0 Å². The summed E-state index contributed by atoms with van der Waals surface area (Å²) >= 11 is 5.94. The van der Waals surface area contributed by atoms with E-state index in [9.17, 15) is 0 Å². The predicted molar refractivity (Wildman–Crippen MR) is 89.7 cm³/mol. The molecule has 0 unspecified atom stereocenters. The predicted octanol–water partition coefficient (Wildman–Crippen LogP) is 4.13. The summed E-state index contributed by atoms with van der Waals surface area (Å²) in [7, 11) is 0. The van der Waals surface area contributed by atoms with Gasteiger partial charge in [0.05, 0.1) is 17.8 Å². The molecule has 0 amide bonds. The van der Waals surface area contributed by atoms with Crippen LogP contribution >= 0.6 is 11.6 Å². The zero-order valence-electron chi connectivity index (χ0n) is 12.5. The third kappa shape index (κ3) is 2.90. The molecule has 1 aliphatic rings. The molecular weight excluding hydrogens is 314 g/mol. The van der Waals surface area contributed by atoms with E-state index in [1.54, 1.807) is 6.26 Å². The second kappa shape index (κ2) is 6.18. The summed E-state index contributed by atoms with van der Waals surface area (Å²) in [5, 5.41) is 13.6. The smallest absolute Gasteiger partial charge is 0.165 e. The molecule has 0 radical (unpaired) electrons. The molecule has 3 aromatic rings. The van der Waals surface area contributed by atoms with E-state index < -0.39 is 0 Å². The van der Waals surface area contributed by atoms with Crippen molar-refractivity contribution in [2.24, 2.45) is 0 Å². The summed E-state index contributed by atoms with van der Waals surface area (Å²) in [4.78, 5) is 0. The van der Waals surface area contributed by atoms with Gasteiger partial charge in [0, 0.05) is 23.7 Å². The number of rotatable bonds is 4. The highest BCUT2D eigenvalue weighted by atomic mass is 35.5. The van der Waals surface area contributed by atoms with E-state index in [2.05, 4.69) is 15.5 Å². The number of halogens is 1. The number of aromatic nitrogens is 2. The van der Waals surface area contributed by atoms with Crippen LogP contribution in [0.25, 0.3) is 22.2 Å². The molecule has 0 bridgehead atoms. The fourth-order valence-corrected chi connectivity index (χ4v) is 2.95. The Morgan fingerprint density at radius 2 is 2.04 bits per heavy atom. The third-order valence-electron chi connectivity index (χ3n) is 4.02. The van der Waals surface area contributed by atoms with Crippen molar-refractivity contribution in [3.05, 3.63) is 41.6 Å². The van der Waals surface area contributed by atoms with Crippen molar-refractivity contribution in [1.29, 1.82) is 0 Å². The Labute approximate surface area is 138 Å². The SMILES string of the molecule is Clc1ccc(-c2nnc(NC[C@H]3CCCO3)c3ccoc23)cc1. The van der Waals surface area contributed by atoms with Gasteiger partial charge in [-0.25, -0.2) is 0 Å². The summed E-state index contributed by atoms with van der Waals surface area (Å²) in [6.45, 7) is 1.57. The van der Waals surface area contributed by atoms with Gasteiger partial charge in [0.25, 0.3) is 0 Å². The lowest BCUT2D eigenvalue weighted by Gasteiger charge is -2.12. The van der Waals surface area contributed by atoms with Gasteiger partial charge in [-0.3, -0.25) is 0 Å². The lowest BCUT2D eigenvalue weighted by molar-refractivity contribution is 0.120. The highest BCUT2D eigenvalue weighted by Gasteiger charge is 2.18. The molecule has 3 heterocycles. The standard InChI is InChI=1S/C17H16ClN3O2/c18-12-5-3-11(4-6-12)15-16-14(7-9-23-16)17(21-20-15)19-10-13-2-1-8-22-13/h3-7,9,13H,1-2,8,10H2,(H,19,21)/t13-/m1/s1. The number of nitrogens with zero attached hydrogens (tertiary/aromatic N) is 2. The van der Waals surface area contributed by atoms with Crippen molar-refractivity contribution in [3.63, 3.8) is 0 Å². The molecule has 1 N–H and O–H groups in total. The van der Waals surface area contributed by atoms with E-state index in [4.69, 9.17) is 20.8 Å². The van der Waals surface area contributed by atoms with E-state index in [-0.39, 0.29) is 6.10 Å². The van der Waals surface area contributed by atoms with Crippen LogP contribution in [0.3, 0.4) is 0 Å². The number of fused-ring (bicyclic) bond motifs is 1. The summed E-state index contributed by atoms with van der Waals surface area (Å²) in [5.74, 6) is 0.724. The fraction of sp³-hybridized carbons (Fsp3) is 0.294. The number of furan rings is 1. The molecule has 4 rings (SSSR count). The molecule has 6 heteroatoms. The minimum atomic E-state index is 0.245. The van der Waals surface area contributed by atoms with Crippen molar-refractivity contribution >= 4 is 28.4 Å². The van der Waals surface area contributed by atoms with E-state index in [0.29, 0.717) is 10.7 Å².